The highest BCUT2D eigenvalue weighted by molar-refractivity contribution is 5.79. The fourth-order valence-electron chi connectivity index (χ4n) is 3.74. The van der Waals surface area contributed by atoms with E-state index in [1.165, 1.54) is 11.3 Å². The highest BCUT2D eigenvalue weighted by Crippen LogP contribution is 2.30. The van der Waals surface area contributed by atoms with Crippen LogP contribution < -0.4 is 5.32 Å². The molecule has 1 heterocycles. The zero-order valence-electron chi connectivity index (χ0n) is 15.1. The molecule has 5 nitrogen and oxygen atoms in total. The Bertz CT molecular complexity index is 934. The first-order valence-corrected chi connectivity index (χ1v) is 9.35. The lowest BCUT2D eigenvalue weighted by Crippen LogP contribution is -2.32. The number of nitrogens with one attached hydrogen (secondary N) is 1. The molecular formula is C22H23N3O2. The van der Waals surface area contributed by atoms with E-state index in [4.69, 9.17) is 0 Å². The quantitative estimate of drug-likeness (QED) is 0.732. The minimum Gasteiger partial charge on any atom is -0.508 e. The average molecular weight is 361 g/mol. The van der Waals surface area contributed by atoms with Gasteiger partial charge in [-0.2, -0.15) is 5.10 Å². The van der Waals surface area contributed by atoms with Crippen molar-refractivity contribution in [3.05, 3.63) is 83.2 Å². The predicted molar refractivity (Wildman–Crippen MR) is 103 cm³/mol. The van der Waals surface area contributed by atoms with Crippen LogP contribution in [0.1, 0.15) is 41.3 Å². The normalized spacial score (nSPS) is 15.9. The molecule has 0 saturated carbocycles. The van der Waals surface area contributed by atoms with Crippen molar-refractivity contribution in [3.63, 3.8) is 0 Å². The third-order valence-corrected chi connectivity index (χ3v) is 5.12. The second-order valence-corrected chi connectivity index (χ2v) is 7.01. The van der Waals surface area contributed by atoms with Gasteiger partial charge in [0.2, 0.25) is 5.91 Å². The number of nitrogens with zero attached hydrogens (tertiary/aromatic N) is 2. The number of rotatable bonds is 5. The minimum atomic E-state index is -0.0786. The maximum Gasteiger partial charge on any atom is 0.225 e. The van der Waals surface area contributed by atoms with Crippen LogP contribution in [0.25, 0.3) is 0 Å². The van der Waals surface area contributed by atoms with Crippen LogP contribution in [0.3, 0.4) is 0 Å². The molecule has 0 fully saturated rings. The van der Waals surface area contributed by atoms with E-state index in [0.717, 1.165) is 31.4 Å². The van der Waals surface area contributed by atoms with Crippen LogP contribution in [0.15, 0.2) is 60.8 Å². The van der Waals surface area contributed by atoms with E-state index < -0.39 is 0 Å². The SMILES string of the molecule is O=C(Cc1ccccc1O)NC1CCCc2c1cnn2Cc1ccccc1. The largest absolute Gasteiger partial charge is 0.508 e. The summed E-state index contributed by atoms with van der Waals surface area (Å²) in [5.74, 6) is 0.0813. The van der Waals surface area contributed by atoms with Crippen LogP contribution >= 0.6 is 0 Å². The first kappa shape index (κ1) is 17.3. The number of hydrogen-bond donors (Lipinski definition) is 2. The molecule has 3 aromatic rings. The lowest BCUT2D eigenvalue weighted by atomic mass is 9.92. The van der Waals surface area contributed by atoms with Gasteiger partial charge in [-0.3, -0.25) is 9.48 Å². The lowest BCUT2D eigenvalue weighted by molar-refractivity contribution is -0.121. The van der Waals surface area contributed by atoms with Crippen molar-refractivity contribution in [2.75, 3.05) is 0 Å². The van der Waals surface area contributed by atoms with Gasteiger partial charge in [0.1, 0.15) is 5.75 Å². The number of amides is 1. The molecule has 2 aromatic carbocycles. The Labute approximate surface area is 158 Å². The minimum absolute atomic E-state index is 0.0170. The van der Waals surface area contributed by atoms with Crippen LogP contribution in [-0.4, -0.2) is 20.8 Å². The number of carbonyl (C=O) groups is 1. The number of phenols is 1. The monoisotopic (exact) mass is 361 g/mol. The van der Waals surface area contributed by atoms with Gasteiger partial charge in [0.25, 0.3) is 0 Å². The lowest BCUT2D eigenvalue weighted by Gasteiger charge is -2.24. The third kappa shape index (κ3) is 3.87. The van der Waals surface area contributed by atoms with Gasteiger partial charge in [0.05, 0.1) is 25.2 Å². The summed E-state index contributed by atoms with van der Waals surface area (Å²) in [6, 6.07) is 17.2. The number of aromatic nitrogens is 2. The summed E-state index contributed by atoms with van der Waals surface area (Å²) < 4.78 is 2.05. The second kappa shape index (κ2) is 7.66. The van der Waals surface area contributed by atoms with Crippen molar-refractivity contribution in [1.82, 2.24) is 15.1 Å². The molecule has 0 radical (unpaired) electrons. The van der Waals surface area contributed by atoms with Crippen LogP contribution in [-0.2, 0) is 24.2 Å². The zero-order valence-corrected chi connectivity index (χ0v) is 15.1. The molecule has 2 N–H and O–H groups in total. The smallest absolute Gasteiger partial charge is 0.225 e. The summed E-state index contributed by atoms with van der Waals surface area (Å²) in [5.41, 5.74) is 4.18. The third-order valence-electron chi connectivity index (χ3n) is 5.12. The van der Waals surface area contributed by atoms with E-state index in [-0.39, 0.29) is 24.1 Å². The van der Waals surface area contributed by atoms with Gasteiger partial charge in [-0.05, 0) is 30.9 Å². The topological polar surface area (TPSA) is 67.2 Å². The fourth-order valence-corrected chi connectivity index (χ4v) is 3.74. The summed E-state index contributed by atoms with van der Waals surface area (Å²) in [4.78, 5) is 12.5. The predicted octanol–water partition coefficient (Wildman–Crippen LogP) is 3.37. The molecule has 1 aromatic heterocycles. The van der Waals surface area contributed by atoms with E-state index in [1.807, 2.05) is 35.1 Å². The van der Waals surface area contributed by atoms with E-state index >= 15 is 0 Å². The van der Waals surface area contributed by atoms with Gasteiger partial charge in [-0.25, -0.2) is 0 Å². The van der Waals surface area contributed by atoms with Crippen molar-refractivity contribution in [2.24, 2.45) is 0 Å². The average Bonchev–Trinajstić information content (AvgIpc) is 3.08. The van der Waals surface area contributed by atoms with Crippen molar-refractivity contribution in [2.45, 2.75) is 38.3 Å². The zero-order chi connectivity index (χ0) is 18.6. The van der Waals surface area contributed by atoms with E-state index in [9.17, 15) is 9.90 Å². The number of phenolic OH excluding ortho intramolecular Hbond substituents is 1. The molecule has 1 unspecified atom stereocenters. The molecule has 0 aliphatic heterocycles. The highest BCUT2D eigenvalue weighted by atomic mass is 16.3. The summed E-state index contributed by atoms with van der Waals surface area (Å²) in [5, 5.41) is 17.6. The number of fused-ring (bicyclic) bond motifs is 1. The second-order valence-electron chi connectivity index (χ2n) is 7.01. The molecule has 0 bridgehead atoms. The van der Waals surface area contributed by atoms with Gasteiger partial charge in [0, 0.05) is 16.8 Å². The number of benzene rings is 2. The van der Waals surface area contributed by atoms with E-state index in [1.54, 1.807) is 18.2 Å². The first-order valence-electron chi connectivity index (χ1n) is 9.35. The van der Waals surface area contributed by atoms with Crippen LogP contribution in [0.4, 0.5) is 0 Å². The van der Waals surface area contributed by atoms with Crippen LogP contribution in [0.5, 0.6) is 5.75 Å². The summed E-state index contributed by atoms with van der Waals surface area (Å²) in [6.07, 6.45) is 4.98. The molecule has 0 spiro atoms. The summed E-state index contributed by atoms with van der Waals surface area (Å²) >= 11 is 0. The van der Waals surface area contributed by atoms with E-state index in [2.05, 4.69) is 22.5 Å². The standard InChI is InChI=1S/C22H23N3O2/c26-21-12-5-4-9-17(21)13-22(27)24-19-10-6-11-20-18(19)14-23-25(20)15-16-7-2-1-3-8-16/h1-5,7-9,12,14,19,26H,6,10-11,13,15H2,(H,24,27). The van der Waals surface area contributed by atoms with Crippen LogP contribution in [0.2, 0.25) is 0 Å². The number of para-hydroxylation sites is 1. The van der Waals surface area contributed by atoms with Crippen molar-refractivity contribution in [1.29, 1.82) is 0 Å². The Morgan fingerprint density at radius 1 is 1.15 bits per heavy atom. The number of aromatic hydroxyl groups is 1. The van der Waals surface area contributed by atoms with Gasteiger partial charge >= 0.3 is 0 Å². The molecule has 1 aliphatic rings. The van der Waals surface area contributed by atoms with Gasteiger partial charge in [-0.1, -0.05) is 48.5 Å². The Morgan fingerprint density at radius 2 is 1.93 bits per heavy atom. The fraction of sp³-hybridized carbons (Fsp3) is 0.273. The van der Waals surface area contributed by atoms with Gasteiger partial charge in [-0.15, -0.1) is 0 Å². The van der Waals surface area contributed by atoms with Gasteiger partial charge in [0.15, 0.2) is 0 Å². The molecular weight excluding hydrogens is 338 g/mol. The number of carbonyl (C=O) groups excluding carboxylic acids is 1. The Kier molecular flexibility index (Phi) is 4.92. The molecule has 1 aliphatic carbocycles. The summed E-state index contributed by atoms with van der Waals surface area (Å²) in [6.45, 7) is 0.745. The Morgan fingerprint density at radius 3 is 2.74 bits per heavy atom. The molecule has 4 rings (SSSR count). The molecule has 1 amide bonds. The molecule has 1 atom stereocenters. The van der Waals surface area contributed by atoms with Crippen LogP contribution in [0, 0.1) is 0 Å². The Balaban J connectivity index is 1.47. The molecule has 27 heavy (non-hydrogen) atoms. The first-order chi connectivity index (χ1) is 13.2. The molecule has 138 valence electrons. The highest BCUT2D eigenvalue weighted by Gasteiger charge is 2.25. The Hall–Kier alpha value is -3.08. The number of hydrogen-bond acceptors (Lipinski definition) is 3. The van der Waals surface area contributed by atoms with Crippen molar-refractivity contribution < 1.29 is 9.90 Å². The maximum absolute atomic E-state index is 12.5. The molecule has 5 heteroatoms. The molecule has 0 saturated heterocycles. The van der Waals surface area contributed by atoms with Crippen molar-refractivity contribution in [3.8, 4) is 5.75 Å². The summed E-state index contributed by atoms with van der Waals surface area (Å²) in [7, 11) is 0. The van der Waals surface area contributed by atoms with Gasteiger partial charge < -0.3 is 10.4 Å². The maximum atomic E-state index is 12.5. The van der Waals surface area contributed by atoms with E-state index in [0.29, 0.717) is 5.56 Å². The van der Waals surface area contributed by atoms with Crippen molar-refractivity contribution >= 4 is 5.91 Å².